The molecule has 8 nitrogen and oxygen atoms in total. The lowest BCUT2D eigenvalue weighted by Gasteiger charge is -2.21. The maximum absolute atomic E-state index is 12.4. The summed E-state index contributed by atoms with van der Waals surface area (Å²) in [5, 5.41) is 0. The summed E-state index contributed by atoms with van der Waals surface area (Å²) in [5.41, 5.74) is 3.46. The minimum Gasteiger partial charge on any atom is -0.497 e. The molecule has 0 unspecified atom stereocenters. The summed E-state index contributed by atoms with van der Waals surface area (Å²) in [4.78, 5) is 0. The van der Waals surface area contributed by atoms with Gasteiger partial charge >= 0.3 is 10.1 Å². The quantitative estimate of drug-likeness (QED) is 0.200. The first-order valence-electron chi connectivity index (χ1n) is 12.0. The average Bonchev–Trinajstić information content (AvgIpc) is 2.88. The normalized spacial score (nSPS) is 10.9. The molecule has 0 saturated carbocycles. The van der Waals surface area contributed by atoms with Gasteiger partial charge in [0.05, 0.1) is 39.8 Å². The standard InChI is InChI=1S/C29H34O8S/c1-8-35-25-17-21(11-14-24(25)36-16-15-19(2)3)27-26(33-5)18-23(20-9-12-22(32-4)13-10-20)28(34-6)29(27)37-38(7,30)31/h9-15,17-18H,8,16H2,1-7H3. The highest BCUT2D eigenvalue weighted by molar-refractivity contribution is 7.86. The zero-order chi connectivity index (χ0) is 27.9. The van der Waals surface area contributed by atoms with Crippen molar-refractivity contribution >= 4 is 10.1 Å². The van der Waals surface area contributed by atoms with E-state index in [0.29, 0.717) is 52.9 Å². The molecule has 0 bridgehead atoms. The van der Waals surface area contributed by atoms with Crippen LogP contribution in [0.1, 0.15) is 20.8 Å². The molecule has 0 N–H and O–H groups in total. The van der Waals surface area contributed by atoms with Gasteiger partial charge in [-0.2, -0.15) is 8.42 Å². The molecule has 0 atom stereocenters. The fourth-order valence-electron chi connectivity index (χ4n) is 3.82. The summed E-state index contributed by atoms with van der Waals surface area (Å²) < 4.78 is 58.8. The Hall–Kier alpha value is -3.85. The Labute approximate surface area is 224 Å². The molecule has 38 heavy (non-hydrogen) atoms. The molecule has 0 aliphatic rings. The fraction of sp³-hybridized carbons (Fsp3) is 0.310. The van der Waals surface area contributed by atoms with Crippen LogP contribution < -0.4 is 27.9 Å². The summed E-state index contributed by atoms with van der Waals surface area (Å²) in [6, 6.07) is 14.4. The maximum Gasteiger partial charge on any atom is 0.306 e. The molecule has 0 aliphatic heterocycles. The van der Waals surface area contributed by atoms with E-state index in [1.165, 1.54) is 14.2 Å². The van der Waals surface area contributed by atoms with Crippen LogP contribution in [0.3, 0.4) is 0 Å². The highest BCUT2D eigenvalue weighted by Gasteiger charge is 2.27. The molecule has 0 spiro atoms. The van der Waals surface area contributed by atoms with Crippen LogP contribution in [0.15, 0.2) is 60.2 Å². The number of ether oxygens (including phenoxy) is 5. The first-order chi connectivity index (χ1) is 18.1. The van der Waals surface area contributed by atoms with E-state index in [9.17, 15) is 8.42 Å². The number of allylic oxidation sites excluding steroid dienone is 1. The molecule has 0 aromatic heterocycles. The summed E-state index contributed by atoms with van der Waals surface area (Å²) in [6.07, 6.45) is 2.95. The van der Waals surface area contributed by atoms with Gasteiger partial charge in [-0.3, -0.25) is 0 Å². The first-order valence-corrected chi connectivity index (χ1v) is 13.8. The van der Waals surface area contributed by atoms with E-state index < -0.39 is 10.1 Å². The fourth-order valence-corrected chi connectivity index (χ4v) is 4.28. The van der Waals surface area contributed by atoms with Gasteiger partial charge in [0.25, 0.3) is 0 Å². The molecule has 0 fully saturated rings. The van der Waals surface area contributed by atoms with Gasteiger partial charge in [-0.05, 0) is 68.3 Å². The van der Waals surface area contributed by atoms with Crippen LogP contribution in [0.4, 0.5) is 0 Å². The molecule has 0 radical (unpaired) electrons. The van der Waals surface area contributed by atoms with Gasteiger partial charge in [0.15, 0.2) is 23.0 Å². The lowest BCUT2D eigenvalue weighted by Crippen LogP contribution is -2.09. The molecule has 3 rings (SSSR count). The van der Waals surface area contributed by atoms with Crippen LogP contribution in [0.2, 0.25) is 0 Å². The zero-order valence-corrected chi connectivity index (χ0v) is 23.6. The van der Waals surface area contributed by atoms with E-state index >= 15 is 0 Å². The van der Waals surface area contributed by atoms with Crippen molar-refractivity contribution < 1.29 is 36.3 Å². The van der Waals surface area contributed by atoms with Crippen LogP contribution in [0.5, 0.6) is 34.5 Å². The van der Waals surface area contributed by atoms with E-state index in [4.69, 9.17) is 27.9 Å². The Bertz CT molecular complexity index is 1390. The number of benzene rings is 3. The molecule has 9 heteroatoms. The minimum atomic E-state index is -3.94. The van der Waals surface area contributed by atoms with Crippen molar-refractivity contribution in [1.82, 2.24) is 0 Å². The molecule has 3 aromatic carbocycles. The molecule has 0 heterocycles. The van der Waals surface area contributed by atoms with Crippen molar-refractivity contribution in [3.8, 4) is 56.8 Å². The van der Waals surface area contributed by atoms with Crippen LogP contribution in [-0.2, 0) is 10.1 Å². The van der Waals surface area contributed by atoms with Gasteiger partial charge in [-0.25, -0.2) is 0 Å². The number of hydrogen-bond acceptors (Lipinski definition) is 8. The summed E-state index contributed by atoms with van der Waals surface area (Å²) in [7, 11) is 0.607. The third-order valence-corrected chi connectivity index (χ3v) is 5.99. The lowest BCUT2D eigenvalue weighted by atomic mass is 9.96. The van der Waals surface area contributed by atoms with Gasteiger partial charge in [0.1, 0.15) is 18.1 Å². The second kappa shape index (κ2) is 12.6. The summed E-state index contributed by atoms with van der Waals surface area (Å²) in [5.74, 6) is 2.35. The number of hydrogen-bond donors (Lipinski definition) is 0. The lowest BCUT2D eigenvalue weighted by molar-refractivity contribution is 0.296. The third kappa shape index (κ3) is 6.92. The Morgan fingerprint density at radius 2 is 1.47 bits per heavy atom. The van der Waals surface area contributed by atoms with Crippen molar-refractivity contribution in [3.05, 3.63) is 60.2 Å². The second-order valence-electron chi connectivity index (χ2n) is 8.57. The Morgan fingerprint density at radius 1 is 0.789 bits per heavy atom. The van der Waals surface area contributed by atoms with E-state index in [-0.39, 0.29) is 11.5 Å². The van der Waals surface area contributed by atoms with Crippen LogP contribution >= 0.6 is 0 Å². The van der Waals surface area contributed by atoms with Crippen LogP contribution in [-0.4, -0.2) is 49.2 Å². The van der Waals surface area contributed by atoms with E-state index in [2.05, 4.69) is 0 Å². The molecular weight excluding hydrogens is 508 g/mol. The van der Waals surface area contributed by atoms with Gasteiger partial charge in [-0.1, -0.05) is 23.8 Å². The molecule has 0 aliphatic carbocycles. The maximum atomic E-state index is 12.4. The van der Waals surface area contributed by atoms with E-state index in [0.717, 1.165) is 17.4 Å². The Kier molecular flexibility index (Phi) is 9.52. The summed E-state index contributed by atoms with van der Waals surface area (Å²) in [6.45, 7) is 6.66. The molecular formula is C29H34O8S. The van der Waals surface area contributed by atoms with Crippen LogP contribution in [0.25, 0.3) is 22.3 Å². The van der Waals surface area contributed by atoms with Gasteiger partial charge < -0.3 is 27.9 Å². The Balaban J connectivity index is 2.27. The Morgan fingerprint density at radius 3 is 2.03 bits per heavy atom. The largest absolute Gasteiger partial charge is 0.497 e. The van der Waals surface area contributed by atoms with E-state index in [1.807, 2.05) is 39.0 Å². The number of rotatable bonds is 12. The van der Waals surface area contributed by atoms with Gasteiger partial charge in [0.2, 0.25) is 0 Å². The average molecular weight is 543 g/mol. The van der Waals surface area contributed by atoms with Crippen LogP contribution in [0, 0.1) is 0 Å². The van der Waals surface area contributed by atoms with Crippen molar-refractivity contribution in [3.63, 3.8) is 0 Å². The highest BCUT2D eigenvalue weighted by Crippen LogP contribution is 2.51. The van der Waals surface area contributed by atoms with Crippen molar-refractivity contribution in [2.24, 2.45) is 0 Å². The molecule has 0 amide bonds. The third-order valence-electron chi connectivity index (χ3n) is 5.52. The molecule has 204 valence electrons. The zero-order valence-electron chi connectivity index (χ0n) is 22.8. The van der Waals surface area contributed by atoms with Crippen molar-refractivity contribution in [2.45, 2.75) is 20.8 Å². The second-order valence-corrected chi connectivity index (χ2v) is 10.1. The molecule has 0 saturated heterocycles. The van der Waals surface area contributed by atoms with Gasteiger partial charge in [0, 0.05) is 5.56 Å². The van der Waals surface area contributed by atoms with Crippen molar-refractivity contribution in [2.75, 3.05) is 40.8 Å². The monoisotopic (exact) mass is 542 g/mol. The molecule has 3 aromatic rings. The highest BCUT2D eigenvalue weighted by atomic mass is 32.2. The number of methoxy groups -OCH3 is 3. The predicted molar refractivity (Wildman–Crippen MR) is 149 cm³/mol. The SMILES string of the molecule is CCOc1cc(-c2c(OC)cc(-c3ccc(OC)cc3)c(OC)c2OS(C)(=O)=O)ccc1OCC=C(C)C. The minimum absolute atomic E-state index is 0.000765. The van der Waals surface area contributed by atoms with Gasteiger partial charge in [-0.15, -0.1) is 0 Å². The van der Waals surface area contributed by atoms with Crippen molar-refractivity contribution in [1.29, 1.82) is 0 Å². The van der Waals surface area contributed by atoms with E-state index in [1.54, 1.807) is 43.5 Å². The first kappa shape index (κ1) is 28.7. The summed E-state index contributed by atoms with van der Waals surface area (Å²) >= 11 is 0. The predicted octanol–water partition coefficient (Wildman–Crippen LogP) is 6.13. The smallest absolute Gasteiger partial charge is 0.306 e. The topological polar surface area (TPSA) is 89.5 Å².